The minimum absolute atomic E-state index is 0.0677. The van der Waals surface area contributed by atoms with Crippen LogP contribution in [0.2, 0.25) is 0 Å². The molecule has 0 unspecified atom stereocenters. The fourth-order valence-electron chi connectivity index (χ4n) is 2.71. The largest absolute Gasteiger partial charge is 0.395 e. The van der Waals surface area contributed by atoms with E-state index in [9.17, 15) is 9.59 Å². The van der Waals surface area contributed by atoms with Crippen molar-refractivity contribution in [2.45, 2.75) is 73.6 Å². The van der Waals surface area contributed by atoms with E-state index in [0.29, 0.717) is 29.9 Å². The molecule has 35 heavy (non-hydrogen) atoms. The Hall–Kier alpha value is -3.70. The van der Waals surface area contributed by atoms with E-state index in [0.717, 1.165) is 11.1 Å². The predicted molar refractivity (Wildman–Crippen MR) is 143 cm³/mol. The number of aromatic nitrogens is 1. The third kappa shape index (κ3) is 11.3. The number of anilines is 2. The Morgan fingerprint density at radius 2 is 1.77 bits per heavy atom. The first-order chi connectivity index (χ1) is 16.3. The minimum atomic E-state index is -0.191. The summed E-state index contributed by atoms with van der Waals surface area (Å²) in [4.78, 5) is 25.9. The number of ketones is 1. The van der Waals surface area contributed by atoms with E-state index in [2.05, 4.69) is 57.1 Å². The molecule has 0 fully saturated rings. The molecule has 0 bridgehead atoms. The third-order valence-electron chi connectivity index (χ3n) is 4.56. The maximum atomic E-state index is 11.4. The Bertz CT molecular complexity index is 1050. The van der Waals surface area contributed by atoms with Crippen LogP contribution in [0.3, 0.4) is 0 Å². The number of nitrogens with one attached hydrogen (secondary N) is 1. The molecule has 0 aliphatic rings. The first kappa shape index (κ1) is 31.3. The Balaban J connectivity index is 0.000000626. The Morgan fingerprint density at radius 1 is 1.17 bits per heavy atom. The van der Waals surface area contributed by atoms with Gasteiger partial charge in [0.25, 0.3) is 0 Å². The lowest BCUT2D eigenvalue weighted by Gasteiger charge is -2.19. The van der Waals surface area contributed by atoms with E-state index in [1.54, 1.807) is 19.9 Å². The van der Waals surface area contributed by atoms with E-state index in [1.807, 2.05) is 19.1 Å². The van der Waals surface area contributed by atoms with Crippen molar-refractivity contribution in [3.05, 3.63) is 64.7 Å². The number of carbonyl (C=O) groups is 2. The van der Waals surface area contributed by atoms with Gasteiger partial charge in [-0.25, -0.2) is 5.84 Å². The number of allylic oxidation sites excluding steroid dienone is 1. The molecule has 0 aliphatic heterocycles. The molecule has 190 valence electrons. The van der Waals surface area contributed by atoms with Gasteiger partial charge in [-0.05, 0) is 48.6 Å². The first-order valence-corrected chi connectivity index (χ1v) is 11.6. The predicted octanol–water partition coefficient (Wildman–Crippen LogP) is 5.00. The molecule has 1 heterocycles. The molecule has 0 spiro atoms. The van der Waals surface area contributed by atoms with E-state index in [4.69, 9.17) is 16.8 Å². The van der Waals surface area contributed by atoms with Crippen molar-refractivity contribution >= 4 is 23.6 Å². The number of hydrogen-bond donors (Lipinski definition) is 3. The summed E-state index contributed by atoms with van der Waals surface area (Å²) in [6.45, 7) is 16.2. The quantitative estimate of drug-likeness (QED) is 0.229. The molecular weight excluding hydrogens is 440 g/mol. The number of rotatable bonds is 6. The van der Waals surface area contributed by atoms with Crippen molar-refractivity contribution in [3.8, 4) is 6.07 Å². The number of carbonyl (C=O) groups excluding carboxylic acids is 2. The number of nitriles is 1. The van der Waals surface area contributed by atoms with Gasteiger partial charge in [-0.2, -0.15) is 5.26 Å². The van der Waals surface area contributed by atoms with Gasteiger partial charge in [0, 0.05) is 12.6 Å². The van der Waals surface area contributed by atoms with Crippen LogP contribution in [0.25, 0.3) is 0 Å². The number of nitrogens with zero attached hydrogens (tertiary/aromatic N) is 3. The van der Waals surface area contributed by atoms with E-state index >= 15 is 0 Å². The number of hydrogen-bond acceptors (Lipinski definition) is 7. The third-order valence-corrected chi connectivity index (χ3v) is 4.56. The van der Waals surface area contributed by atoms with Crippen LogP contribution < -0.4 is 21.9 Å². The maximum absolute atomic E-state index is 11.4. The van der Waals surface area contributed by atoms with Crippen LogP contribution in [-0.4, -0.2) is 17.2 Å². The maximum Gasteiger partial charge on any atom is 0.211 e. The normalized spacial score (nSPS) is 10.6. The molecule has 0 atom stereocenters. The molecule has 1 aromatic carbocycles. The standard InChI is InChI=1S/C12H17N5O2.C12H15N.C3H8/c1-3-12(19)10(13)6-17(14)11-4-9(16-7-18)5-15-8(11)2;1-9-5-10(8-13)7-11(6-9)12(2,3)4;1-3-2/h4-7H,3,13-14H2,1-2H3,(H,16,18);5-7H,1-4H3;3H2,1-2H3/b10-6-;;. The van der Waals surface area contributed by atoms with Crippen molar-refractivity contribution in [3.63, 3.8) is 0 Å². The highest BCUT2D eigenvalue weighted by Crippen LogP contribution is 2.24. The van der Waals surface area contributed by atoms with E-state index in [-0.39, 0.29) is 16.9 Å². The Labute approximate surface area is 210 Å². The average Bonchev–Trinajstić information content (AvgIpc) is 2.79. The second-order valence-electron chi connectivity index (χ2n) is 9.02. The molecule has 0 aliphatic carbocycles. The zero-order valence-corrected chi connectivity index (χ0v) is 22.3. The fourth-order valence-corrected chi connectivity index (χ4v) is 2.71. The van der Waals surface area contributed by atoms with Gasteiger partial charge in [0.2, 0.25) is 6.41 Å². The van der Waals surface area contributed by atoms with Gasteiger partial charge >= 0.3 is 0 Å². The number of amides is 1. The Kier molecular flexibility index (Phi) is 13.6. The smallest absolute Gasteiger partial charge is 0.211 e. The van der Waals surface area contributed by atoms with Crippen LogP contribution in [0.4, 0.5) is 11.4 Å². The molecule has 0 saturated carbocycles. The summed E-state index contributed by atoms with van der Waals surface area (Å²) in [6, 6.07) is 9.83. The molecule has 0 saturated heterocycles. The van der Waals surface area contributed by atoms with Crippen molar-refractivity contribution < 1.29 is 9.59 Å². The summed E-state index contributed by atoms with van der Waals surface area (Å²) in [5, 5.41) is 12.5. The highest BCUT2D eigenvalue weighted by Gasteiger charge is 2.14. The van der Waals surface area contributed by atoms with Crippen molar-refractivity contribution in [1.82, 2.24) is 4.98 Å². The zero-order chi connectivity index (χ0) is 27.2. The lowest BCUT2D eigenvalue weighted by molar-refractivity contribution is -0.115. The number of pyridine rings is 1. The van der Waals surface area contributed by atoms with Gasteiger partial charge in [0.1, 0.15) is 0 Å². The van der Waals surface area contributed by atoms with Gasteiger partial charge in [-0.1, -0.05) is 54.0 Å². The van der Waals surface area contributed by atoms with Crippen LogP contribution >= 0.6 is 0 Å². The monoisotopic (exact) mass is 480 g/mol. The molecule has 0 radical (unpaired) electrons. The molecule has 8 heteroatoms. The summed E-state index contributed by atoms with van der Waals surface area (Å²) in [6.07, 6.45) is 4.94. The second-order valence-corrected chi connectivity index (χ2v) is 9.02. The summed E-state index contributed by atoms with van der Waals surface area (Å²) in [7, 11) is 0. The van der Waals surface area contributed by atoms with Crippen LogP contribution in [0.15, 0.2) is 42.4 Å². The fraction of sp³-hybridized carbons (Fsp3) is 0.407. The number of nitrogens with two attached hydrogens (primary N) is 2. The SMILES string of the molecule is CCC.CCC(=O)/C(N)=C/N(N)c1cc(NC=O)cnc1C.Cc1cc(C#N)cc(C(C)(C)C)c1. The lowest BCUT2D eigenvalue weighted by atomic mass is 9.85. The molecule has 8 nitrogen and oxygen atoms in total. The van der Waals surface area contributed by atoms with Gasteiger partial charge < -0.3 is 11.1 Å². The zero-order valence-electron chi connectivity index (χ0n) is 22.3. The summed E-state index contributed by atoms with van der Waals surface area (Å²) in [5.74, 6) is 5.63. The molecular formula is C27H40N6O2. The van der Waals surface area contributed by atoms with Gasteiger partial charge in [0.05, 0.1) is 40.6 Å². The average molecular weight is 481 g/mol. The van der Waals surface area contributed by atoms with E-state index < -0.39 is 0 Å². The minimum Gasteiger partial charge on any atom is -0.395 e. The molecule has 1 aromatic heterocycles. The van der Waals surface area contributed by atoms with Crippen LogP contribution in [0, 0.1) is 25.2 Å². The molecule has 2 aromatic rings. The number of hydrazine groups is 1. The van der Waals surface area contributed by atoms with E-state index in [1.165, 1.54) is 29.4 Å². The molecule has 1 amide bonds. The van der Waals surface area contributed by atoms with Crippen molar-refractivity contribution in [2.75, 3.05) is 10.3 Å². The van der Waals surface area contributed by atoms with Gasteiger partial charge in [-0.3, -0.25) is 19.6 Å². The number of aryl methyl sites for hydroxylation is 2. The van der Waals surface area contributed by atoms with Gasteiger partial charge in [-0.15, -0.1) is 0 Å². The van der Waals surface area contributed by atoms with Crippen molar-refractivity contribution in [1.29, 1.82) is 5.26 Å². The number of benzene rings is 1. The van der Waals surface area contributed by atoms with Crippen LogP contribution in [0.5, 0.6) is 0 Å². The topological polar surface area (TPSA) is 138 Å². The summed E-state index contributed by atoms with van der Waals surface area (Å²) < 4.78 is 0. The first-order valence-electron chi connectivity index (χ1n) is 11.6. The highest BCUT2D eigenvalue weighted by atomic mass is 16.1. The second kappa shape index (κ2) is 15.3. The molecule has 5 N–H and O–H groups in total. The number of Topliss-reactive ketones (excluding diaryl/α,β-unsaturated/α-hetero) is 1. The Morgan fingerprint density at radius 3 is 2.26 bits per heavy atom. The van der Waals surface area contributed by atoms with Crippen molar-refractivity contribution in [2.24, 2.45) is 11.6 Å². The van der Waals surface area contributed by atoms with Crippen LogP contribution in [0.1, 0.15) is 76.8 Å². The summed E-state index contributed by atoms with van der Waals surface area (Å²) >= 11 is 0. The van der Waals surface area contributed by atoms with Gasteiger partial charge in [0.15, 0.2) is 5.78 Å². The van der Waals surface area contributed by atoms with Crippen LogP contribution in [-0.2, 0) is 15.0 Å². The molecule has 2 rings (SSSR count). The highest BCUT2D eigenvalue weighted by molar-refractivity contribution is 5.94. The summed E-state index contributed by atoms with van der Waals surface area (Å²) in [5.41, 5.74) is 10.6. The lowest BCUT2D eigenvalue weighted by Crippen LogP contribution is -2.28.